The number of carboxylic acids is 1. The highest BCUT2D eigenvalue weighted by Gasteiger charge is 2.18. The Morgan fingerprint density at radius 1 is 1.33 bits per heavy atom. The second kappa shape index (κ2) is 7.27. The fourth-order valence-electron chi connectivity index (χ4n) is 1.45. The van der Waals surface area contributed by atoms with Gasteiger partial charge < -0.3 is 10.4 Å². The number of allylic oxidation sites excluding steroid dienone is 1. The topological polar surface area (TPSA) is 66.4 Å². The number of carbonyl (C=O) groups excluding carboxylic acids is 1. The molecular weight excluding hydrogens is 230 g/mol. The molecule has 0 aliphatic heterocycles. The van der Waals surface area contributed by atoms with Gasteiger partial charge in [-0.25, -0.2) is 4.79 Å². The smallest absolute Gasteiger partial charge is 0.326 e. The fourth-order valence-corrected chi connectivity index (χ4v) is 1.45. The number of hydrogen-bond acceptors (Lipinski definition) is 2. The summed E-state index contributed by atoms with van der Waals surface area (Å²) in [6, 6.07) is 7.69. The maximum Gasteiger partial charge on any atom is 0.326 e. The molecule has 0 heterocycles. The van der Waals surface area contributed by atoms with Gasteiger partial charge in [0.25, 0.3) is 5.91 Å². The van der Waals surface area contributed by atoms with Crippen LogP contribution >= 0.6 is 0 Å². The molecule has 1 rings (SSSR count). The molecule has 0 saturated carbocycles. The van der Waals surface area contributed by atoms with Crippen molar-refractivity contribution in [3.05, 3.63) is 48.0 Å². The normalized spacial score (nSPS) is 12.3. The van der Waals surface area contributed by atoms with Crippen molar-refractivity contribution >= 4 is 11.9 Å². The van der Waals surface area contributed by atoms with Crippen LogP contribution < -0.4 is 5.32 Å². The minimum absolute atomic E-state index is 0. The zero-order valence-electron chi connectivity index (χ0n) is 10.3. The van der Waals surface area contributed by atoms with Crippen molar-refractivity contribution in [2.24, 2.45) is 0 Å². The lowest BCUT2D eigenvalue weighted by atomic mass is 10.1. The SMILES string of the molecule is CC/C=C/C[C@H](NC(=O)c1ccccc1)C(=O)O.[HH]. The molecule has 98 valence electrons. The van der Waals surface area contributed by atoms with Gasteiger partial charge >= 0.3 is 5.97 Å². The van der Waals surface area contributed by atoms with E-state index < -0.39 is 12.0 Å². The highest BCUT2D eigenvalue weighted by molar-refractivity contribution is 5.96. The fraction of sp³-hybridized carbons (Fsp3) is 0.286. The molecule has 0 bridgehead atoms. The van der Waals surface area contributed by atoms with Crippen molar-refractivity contribution in [3.63, 3.8) is 0 Å². The molecule has 2 N–H and O–H groups in total. The molecule has 1 atom stereocenters. The number of aliphatic carboxylic acids is 1. The Bertz CT molecular complexity index is 432. The first kappa shape index (κ1) is 14.0. The predicted molar refractivity (Wildman–Crippen MR) is 71.5 cm³/mol. The maximum atomic E-state index is 11.8. The van der Waals surface area contributed by atoms with Gasteiger partial charge in [0.05, 0.1) is 0 Å². The van der Waals surface area contributed by atoms with Gasteiger partial charge in [-0.1, -0.05) is 37.3 Å². The molecule has 0 radical (unpaired) electrons. The summed E-state index contributed by atoms with van der Waals surface area (Å²) >= 11 is 0. The zero-order valence-corrected chi connectivity index (χ0v) is 10.3. The first-order valence-corrected chi connectivity index (χ1v) is 5.89. The predicted octanol–water partition coefficient (Wildman–Crippen LogP) is 2.47. The quantitative estimate of drug-likeness (QED) is 0.761. The molecule has 18 heavy (non-hydrogen) atoms. The summed E-state index contributed by atoms with van der Waals surface area (Å²) in [5.74, 6) is -1.40. The molecule has 0 aromatic heterocycles. The van der Waals surface area contributed by atoms with Gasteiger partial charge in [-0.3, -0.25) is 4.79 Å². The van der Waals surface area contributed by atoms with Gasteiger partial charge in [0.15, 0.2) is 0 Å². The van der Waals surface area contributed by atoms with Gasteiger partial charge in [-0.05, 0) is 25.0 Å². The van der Waals surface area contributed by atoms with Gasteiger partial charge in [0.1, 0.15) is 6.04 Å². The van der Waals surface area contributed by atoms with Crippen molar-refractivity contribution < 1.29 is 16.1 Å². The molecule has 1 aromatic carbocycles. The number of rotatable bonds is 6. The van der Waals surface area contributed by atoms with Crippen LogP contribution in [0, 0.1) is 0 Å². The maximum absolute atomic E-state index is 11.8. The van der Waals surface area contributed by atoms with E-state index in [9.17, 15) is 9.59 Å². The summed E-state index contributed by atoms with van der Waals surface area (Å²) in [4.78, 5) is 22.8. The number of carbonyl (C=O) groups is 2. The van der Waals surface area contributed by atoms with Gasteiger partial charge in [-0.2, -0.15) is 0 Å². The molecular formula is C14H19NO3. The Hall–Kier alpha value is -2.10. The average Bonchev–Trinajstić information content (AvgIpc) is 2.38. The molecule has 0 aliphatic rings. The number of hydrogen-bond donors (Lipinski definition) is 2. The Morgan fingerprint density at radius 3 is 2.56 bits per heavy atom. The molecule has 4 nitrogen and oxygen atoms in total. The van der Waals surface area contributed by atoms with E-state index in [4.69, 9.17) is 5.11 Å². The van der Waals surface area contributed by atoms with Gasteiger partial charge in [0, 0.05) is 6.99 Å². The van der Waals surface area contributed by atoms with E-state index in [1.165, 1.54) is 0 Å². The Labute approximate surface area is 108 Å². The van der Waals surface area contributed by atoms with Crippen LogP contribution in [-0.2, 0) is 4.79 Å². The molecule has 4 heteroatoms. The van der Waals surface area contributed by atoms with Crippen LogP contribution in [-0.4, -0.2) is 23.0 Å². The van der Waals surface area contributed by atoms with Crippen LogP contribution in [0.15, 0.2) is 42.5 Å². The second-order valence-electron chi connectivity index (χ2n) is 3.85. The van der Waals surface area contributed by atoms with E-state index in [0.717, 1.165) is 6.42 Å². The van der Waals surface area contributed by atoms with Crippen LogP contribution in [0.1, 0.15) is 31.6 Å². The largest absolute Gasteiger partial charge is 0.480 e. The molecule has 0 unspecified atom stereocenters. The highest BCUT2D eigenvalue weighted by Crippen LogP contribution is 2.01. The molecule has 1 amide bonds. The third-order valence-corrected chi connectivity index (χ3v) is 2.41. The van der Waals surface area contributed by atoms with Crippen molar-refractivity contribution in [3.8, 4) is 0 Å². The summed E-state index contributed by atoms with van der Waals surface area (Å²) in [6.07, 6.45) is 4.79. The van der Waals surface area contributed by atoms with E-state index >= 15 is 0 Å². The number of carboxylic acid groups (broad SMARTS) is 1. The molecule has 0 fully saturated rings. The van der Waals surface area contributed by atoms with Crippen molar-refractivity contribution in [1.82, 2.24) is 5.32 Å². The second-order valence-corrected chi connectivity index (χ2v) is 3.85. The molecule has 0 spiro atoms. The molecule has 0 saturated heterocycles. The number of amides is 1. The van der Waals surface area contributed by atoms with Crippen LogP contribution in [0.4, 0.5) is 0 Å². The lowest BCUT2D eigenvalue weighted by Crippen LogP contribution is -2.40. The summed E-state index contributed by atoms with van der Waals surface area (Å²) in [5.41, 5.74) is 0.461. The minimum Gasteiger partial charge on any atom is -0.480 e. The van der Waals surface area contributed by atoms with E-state index in [0.29, 0.717) is 12.0 Å². The minimum atomic E-state index is -1.03. The van der Waals surface area contributed by atoms with Gasteiger partial charge in [0.2, 0.25) is 0 Å². The van der Waals surface area contributed by atoms with E-state index in [1.54, 1.807) is 36.4 Å². The third-order valence-electron chi connectivity index (χ3n) is 2.41. The summed E-state index contributed by atoms with van der Waals surface area (Å²) in [5, 5.41) is 11.5. The summed E-state index contributed by atoms with van der Waals surface area (Å²) in [6.45, 7) is 1.97. The average molecular weight is 249 g/mol. The lowest BCUT2D eigenvalue weighted by Gasteiger charge is -2.12. The van der Waals surface area contributed by atoms with Crippen LogP contribution in [0.3, 0.4) is 0 Å². The standard InChI is InChI=1S/C14H17NO3.H2/c1-2-3-5-10-12(14(17)18)15-13(16)11-8-6-4-7-9-11;/h3-9,12H,2,10H2,1H3,(H,15,16)(H,17,18);1H/b5-3+;/t12-;/m0./s1. The Kier molecular flexibility index (Phi) is 5.64. The molecule has 1 aromatic rings. The number of benzene rings is 1. The first-order chi connectivity index (χ1) is 8.65. The number of nitrogens with one attached hydrogen (secondary N) is 1. The Balaban J connectivity index is 0.00000324. The monoisotopic (exact) mass is 249 g/mol. The van der Waals surface area contributed by atoms with E-state index in [1.807, 2.05) is 13.0 Å². The van der Waals surface area contributed by atoms with E-state index in [-0.39, 0.29) is 7.33 Å². The van der Waals surface area contributed by atoms with E-state index in [2.05, 4.69) is 5.32 Å². The van der Waals surface area contributed by atoms with Crippen LogP contribution in [0.2, 0.25) is 0 Å². The van der Waals surface area contributed by atoms with Crippen LogP contribution in [0.25, 0.3) is 0 Å². The van der Waals surface area contributed by atoms with Crippen molar-refractivity contribution in [1.29, 1.82) is 0 Å². The Morgan fingerprint density at radius 2 is 2.00 bits per heavy atom. The third kappa shape index (κ3) is 4.41. The van der Waals surface area contributed by atoms with Crippen molar-refractivity contribution in [2.75, 3.05) is 0 Å². The van der Waals surface area contributed by atoms with Crippen LogP contribution in [0.5, 0.6) is 0 Å². The summed E-state index contributed by atoms with van der Waals surface area (Å²) in [7, 11) is 0. The summed E-state index contributed by atoms with van der Waals surface area (Å²) < 4.78 is 0. The first-order valence-electron chi connectivity index (χ1n) is 5.89. The lowest BCUT2D eigenvalue weighted by molar-refractivity contribution is -0.139. The van der Waals surface area contributed by atoms with Crippen molar-refractivity contribution in [2.45, 2.75) is 25.8 Å². The highest BCUT2D eigenvalue weighted by atomic mass is 16.4. The zero-order chi connectivity index (χ0) is 13.4. The van der Waals surface area contributed by atoms with Gasteiger partial charge in [-0.15, -0.1) is 0 Å². The molecule has 0 aliphatic carbocycles.